The van der Waals surface area contributed by atoms with Gasteiger partial charge in [-0.15, -0.1) is 0 Å². The standard InChI is InChI=1S/C14H16BrN3O2/c15-12-5-4-9(16)7-11(12)14-17-13(18-20-14)8-10-3-1-2-6-19-10/h4-5,7,10H,1-3,6,8,16H2. The molecule has 106 valence electrons. The number of ether oxygens (including phenoxy) is 1. The maximum Gasteiger partial charge on any atom is 0.259 e. The number of anilines is 1. The van der Waals surface area contributed by atoms with E-state index in [1.807, 2.05) is 18.2 Å². The number of nitrogens with zero attached hydrogens (tertiary/aromatic N) is 2. The van der Waals surface area contributed by atoms with Gasteiger partial charge in [-0.3, -0.25) is 0 Å². The second-order valence-electron chi connectivity index (χ2n) is 4.95. The van der Waals surface area contributed by atoms with Gasteiger partial charge in [0.15, 0.2) is 5.82 Å². The van der Waals surface area contributed by atoms with E-state index in [9.17, 15) is 0 Å². The van der Waals surface area contributed by atoms with Gasteiger partial charge in [0.2, 0.25) is 0 Å². The molecule has 1 unspecified atom stereocenters. The molecule has 2 heterocycles. The molecule has 2 aromatic rings. The lowest BCUT2D eigenvalue weighted by molar-refractivity contribution is 0.0153. The fourth-order valence-electron chi connectivity index (χ4n) is 2.33. The SMILES string of the molecule is Nc1ccc(Br)c(-c2nc(CC3CCCCO3)no2)c1. The monoisotopic (exact) mass is 337 g/mol. The summed E-state index contributed by atoms with van der Waals surface area (Å²) in [7, 11) is 0. The summed E-state index contributed by atoms with van der Waals surface area (Å²) < 4.78 is 11.9. The van der Waals surface area contributed by atoms with Crippen molar-refractivity contribution in [3.8, 4) is 11.5 Å². The molecular weight excluding hydrogens is 322 g/mol. The van der Waals surface area contributed by atoms with Crippen LogP contribution in [0.1, 0.15) is 25.1 Å². The Morgan fingerprint density at radius 3 is 3.05 bits per heavy atom. The van der Waals surface area contributed by atoms with Crippen LogP contribution in [0.3, 0.4) is 0 Å². The molecule has 0 amide bonds. The maximum absolute atomic E-state index is 5.79. The molecule has 20 heavy (non-hydrogen) atoms. The van der Waals surface area contributed by atoms with Gasteiger partial charge in [0.25, 0.3) is 5.89 Å². The molecule has 2 N–H and O–H groups in total. The molecule has 1 saturated heterocycles. The zero-order chi connectivity index (χ0) is 13.9. The fraction of sp³-hybridized carbons (Fsp3) is 0.429. The molecule has 0 radical (unpaired) electrons. The molecular formula is C14H16BrN3O2. The quantitative estimate of drug-likeness (QED) is 0.870. The Labute approximate surface area is 125 Å². The zero-order valence-electron chi connectivity index (χ0n) is 11.0. The van der Waals surface area contributed by atoms with Gasteiger partial charge < -0.3 is 15.0 Å². The largest absolute Gasteiger partial charge is 0.399 e. The van der Waals surface area contributed by atoms with Crippen LogP contribution in [0.5, 0.6) is 0 Å². The van der Waals surface area contributed by atoms with Crippen LogP contribution in [0.15, 0.2) is 27.2 Å². The number of hydrogen-bond acceptors (Lipinski definition) is 5. The first-order chi connectivity index (χ1) is 9.72. The van der Waals surface area contributed by atoms with Crippen molar-refractivity contribution >= 4 is 21.6 Å². The van der Waals surface area contributed by atoms with Crippen molar-refractivity contribution in [3.05, 3.63) is 28.5 Å². The molecule has 1 atom stereocenters. The maximum atomic E-state index is 5.79. The van der Waals surface area contributed by atoms with Crippen LogP contribution in [0.4, 0.5) is 5.69 Å². The highest BCUT2D eigenvalue weighted by molar-refractivity contribution is 9.10. The summed E-state index contributed by atoms with van der Waals surface area (Å²) in [5.74, 6) is 1.16. The van der Waals surface area contributed by atoms with Crippen LogP contribution in [0.25, 0.3) is 11.5 Å². The van der Waals surface area contributed by atoms with Gasteiger partial charge in [-0.05, 0) is 53.4 Å². The Hall–Kier alpha value is -1.40. The van der Waals surface area contributed by atoms with Crippen molar-refractivity contribution < 1.29 is 9.26 Å². The average molecular weight is 338 g/mol. The van der Waals surface area contributed by atoms with E-state index < -0.39 is 0 Å². The van der Waals surface area contributed by atoms with Crippen molar-refractivity contribution in [2.24, 2.45) is 0 Å². The van der Waals surface area contributed by atoms with Gasteiger partial charge in [0.1, 0.15) is 0 Å². The molecule has 1 fully saturated rings. The summed E-state index contributed by atoms with van der Waals surface area (Å²) in [6, 6.07) is 5.51. The molecule has 1 aliphatic heterocycles. The third kappa shape index (κ3) is 3.02. The van der Waals surface area contributed by atoms with Crippen LogP contribution in [-0.4, -0.2) is 22.9 Å². The number of nitrogens with two attached hydrogens (primary N) is 1. The first-order valence-electron chi connectivity index (χ1n) is 6.72. The van der Waals surface area contributed by atoms with Crippen LogP contribution in [-0.2, 0) is 11.2 Å². The minimum atomic E-state index is 0.207. The van der Waals surface area contributed by atoms with Gasteiger partial charge in [-0.25, -0.2) is 0 Å². The number of hydrogen-bond donors (Lipinski definition) is 1. The van der Waals surface area contributed by atoms with E-state index >= 15 is 0 Å². The predicted octanol–water partition coefficient (Wildman–Crippen LogP) is 3.19. The summed E-state index contributed by atoms with van der Waals surface area (Å²) in [4.78, 5) is 4.43. The Morgan fingerprint density at radius 1 is 1.35 bits per heavy atom. The van der Waals surface area contributed by atoms with Crippen molar-refractivity contribution in [2.45, 2.75) is 31.8 Å². The number of rotatable bonds is 3. The molecule has 5 nitrogen and oxygen atoms in total. The van der Waals surface area contributed by atoms with Crippen molar-refractivity contribution in [3.63, 3.8) is 0 Å². The Kier molecular flexibility index (Phi) is 4.03. The number of aromatic nitrogens is 2. The smallest absolute Gasteiger partial charge is 0.259 e. The van der Waals surface area contributed by atoms with Gasteiger partial charge in [-0.1, -0.05) is 5.16 Å². The third-order valence-corrected chi connectivity index (χ3v) is 4.06. The molecule has 0 aliphatic carbocycles. The van der Waals surface area contributed by atoms with Crippen LogP contribution < -0.4 is 5.73 Å². The highest BCUT2D eigenvalue weighted by Crippen LogP contribution is 2.29. The van der Waals surface area contributed by atoms with Crippen molar-refractivity contribution in [2.75, 3.05) is 12.3 Å². The molecule has 6 heteroatoms. The topological polar surface area (TPSA) is 74.2 Å². The molecule has 0 bridgehead atoms. The van der Waals surface area contributed by atoms with E-state index in [1.165, 1.54) is 6.42 Å². The molecule has 1 aromatic carbocycles. The second kappa shape index (κ2) is 5.93. The van der Waals surface area contributed by atoms with E-state index in [0.29, 0.717) is 23.8 Å². The average Bonchev–Trinajstić information content (AvgIpc) is 2.91. The predicted molar refractivity (Wildman–Crippen MR) is 79.1 cm³/mol. The molecule has 0 spiro atoms. The van der Waals surface area contributed by atoms with Gasteiger partial charge in [0, 0.05) is 23.2 Å². The van der Waals surface area contributed by atoms with Gasteiger partial charge in [0.05, 0.1) is 11.7 Å². The van der Waals surface area contributed by atoms with Crippen LogP contribution >= 0.6 is 15.9 Å². The highest BCUT2D eigenvalue weighted by atomic mass is 79.9. The van der Waals surface area contributed by atoms with E-state index in [0.717, 1.165) is 29.5 Å². The minimum absolute atomic E-state index is 0.207. The number of nitrogen functional groups attached to an aromatic ring is 1. The Bertz CT molecular complexity index is 594. The minimum Gasteiger partial charge on any atom is -0.399 e. The van der Waals surface area contributed by atoms with Crippen molar-refractivity contribution in [1.82, 2.24) is 10.1 Å². The van der Waals surface area contributed by atoms with Crippen LogP contribution in [0, 0.1) is 0 Å². The molecule has 1 aliphatic rings. The Balaban J connectivity index is 1.77. The van der Waals surface area contributed by atoms with E-state index in [1.54, 1.807) is 0 Å². The second-order valence-corrected chi connectivity index (χ2v) is 5.80. The van der Waals surface area contributed by atoms with E-state index in [-0.39, 0.29) is 6.10 Å². The molecule has 1 aromatic heterocycles. The summed E-state index contributed by atoms with van der Waals surface area (Å²) in [5.41, 5.74) is 7.27. The van der Waals surface area contributed by atoms with Crippen LogP contribution in [0.2, 0.25) is 0 Å². The van der Waals surface area contributed by atoms with E-state index in [4.69, 9.17) is 15.0 Å². The lowest BCUT2D eigenvalue weighted by Crippen LogP contribution is -2.21. The zero-order valence-corrected chi connectivity index (χ0v) is 12.6. The highest BCUT2D eigenvalue weighted by Gasteiger charge is 2.19. The summed E-state index contributed by atoms with van der Waals surface area (Å²) in [6.45, 7) is 0.830. The number of halogens is 1. The fourth-order valence-corrected chi connectivity index (χ4v) is 2.74. The first kappa shape index (κ1) is 13.6. The third-order valence-electron chi connectivity index (χ3n) is 3.37. The summed E-state index contributed by atoms with van der Waals surface area (Å²) >= 11 is 3.47. The van der Waals surface area contributed by atoms with Gasteiger partial charge in [-0.2, -0.15) is 4.98 Å². The van der Waals surface area contributed by atoms with Gasteiger partial charge >= 0.3 is 0 Å². The van der Waals surface area contributed by atoms with Crippen molar-refractivity contribution in [1.29, 1.82) is 0 Å². The summed E-state index contributed by atoms with van der Waals surface area (Å²) in [6.07, 6.45) is 4.31. The summed E-state index contributed by atoms with van der Waals surface area (Å²) in [5, 5.41) is 4.03. The number of benzene rings is 1. The first-order valence-corrected chi connectivity index (χ1v) is 7.51. The lowest BCUT2D eigenvalue weighted by Gasteiger charge is -2.20. The molecule has 0 saturated carbocycles. The lowest BCUT2D eigenvalue weighted by atomic mass is 10.1. The van der Waals surface area contributed by atoms with E-state index in [2.05, 4.69) is 26.1 Å². The normalized spacial score (nSPS) is 19.1. The molecule has 3 rings (SSSR count). The Morgan fingerprint density at radius 2 is 2.25 bits per heavy atom.